The molecule has 0 spiro atoms. The van der Waals surface area contributed by atoms with E-state index in [9.17, 15) is 0 Å². The summed E-state index contributed by atoms with van der Waals surface area (Å²) < 4.78 is 4.52. The van der Waals surface area contributed by atoms with Crippen LogP contribution in [0.2, 0.25) is 0 Å². The topological polar surface area (TPSA) is 29.5 Å². The average Bonchev–Trinajstić information content (AvgIpc) is 1.69. The van der Waals surface area contributed by atoms with Crippen LogP contribution >= 0.6 is 0 Å². The van der Waals surface area contributed by atoms with Gasteiger partial charge in [-0.25, -0.2) is 12.2 Å². The molecular formula is C5H9O2UV-. The predicted molar refractivity (Wildman–Crippen MR) is 27.5 cm³/mol. The molecule has 0 aromatic rings. The van der Waals surface area contributed by atoms with Crippen molar-refractivity contribution >= 4 is 0 Å². The van der Waals surface area contributed by atoms with Crippen LogP contribution in [0.1, 0.15) is 0 Å². The third-order valence-electron chi connectivity index (χ3n) is 0.456. The summed E-state index contributed by atoms with van der Waals surface area (Å²) in [6.45, 7) is 1.57. The van der Waals surface area contributed by atoms with Gasteiger partial charge in [-0.05, 0) is 6.61 Å². The summed E-state index contributed by atoms with van der Waals surface area (Å²) >= 11 is 0. The summed E-state index contributed by atoms with van der Waals surface area (Å²) in [6, 6.07) is 0. The zero-order valence-corrected chi connectivity index (χ0v) is 10.8. The van der Waals surface area contributed by atoms with Crippen LogP contribution < -0.4 is 0 Å². The second-order valence-electron chi connectivity index (χ2n) is 0.983. The SMILES string of the molecule is CO[CH-]/C=C\CO.[U].[V]. The molecule has 4 heteroatoms. The Hall–Kier alpha value is 1.17. The van der Waals surface area contributed by atoms with E-state index in [1.807, 2.05) is 0 Å². The molecule has 0 atom stereocenters. The fourth-order valence-electron chi connectivity index (χ4n) is 0.195. The molecule has 0 bridgehead atoms. The Balaban J connectivity index is -0.000000180. The molecule has 0 saturated carbocycles. The molecule has 0 aliphatic rings. The molecule has 0 fully saturated rings. The van der Waals surface area contributed by atoms with Gasteiger partial charge in [0.2, 0.25) is 0 Å². The number of hydrogen-bond donors (Lipinski definition) is 1. The Kier molecular flexibility index (Phi) is 29.7. The Labute approximate surface area is 91.3 Å². The molecule has 1 N–H and O–H groups in total. The van der Waals surface area contributed by atoms with E-state index in [4.69, 9.17) is 5.11 Å². The molecule has 1 radical (unpaired) electrons. The Morgan fingerprint density at radius 1 is 1.67 bits per heavy atom. The van der Waals surface area contributed by atoms with Gasteiger partial charge in [-0.3, -0.25) is 0 Å². The summed E-state index contributed by atoms with van der Waals surface area (Å²) in [7, 11) is 1.56. The molecule has 0 aromatic carbocycles. The summed E-state index contributed by atoms with van der Waals surface area (Å²) in [4.78, 5) is 0. The summed E-state index contributed by atoms with van der Waals surface area (Å²) in [5.74, 6) is 0. The molecule has 51 valence electrons. The molecule has 0 amide bonds. The first-order valence-electron chi connectivity index (χ1n) is 2.04. The smallest absolute Gasteiger partial charge is 0.0187 e. The first kappa shape index (κ1) is 16.6. The third kappa shape index (κ3) is 17.6. The van der Waals surface area contributed by atoms with Crippen molar-refractivity contribution in [1.29, 1.82) is 0 Å². The van der Waals surface area contributed by atoms with Gasteiger partial charge in [-0.1, -0.05) is 0 Å². The van der Waals surface area contributed by atoms with Crippen molar-refractivity contribution in [2.45, 2.75) is 0 Å². The molecule has 0 unspecified atom stereocenters. The molecule has 0 aliphatic carbocycles. The van der Waals surface area contributed by atoms with Gasteiger partial charge in [-0.2, -0.15) is 0 Å². The number of methoxy groups -OCH3 is 1. The van der Waals surface area contributed by atoms with E-state index < -0.39 is 0 Å². The zero-order chi connectivity index (χ0) is 5.54. The molecule has 0 rings (SSSR count). The minimum absolute atomic E-state index is 0. The average molecular weight is 390 g/mol. The molecular weight excluding hydrogens is 381 g/mol. The second-order valence-corrected chi connectivity index (χ2v) is 0.983. The maximum atomic E-state index is 8.13. The summed E-state index contributed by atoms with van der Waals surface area (Å²) in [6.07, 6.45) is 3.23. The van der Waals surface area contributed by atoms with Crippen molar-refractivity contribution in [2.24, 2.45) is 0 Å². The van der Waals surface area contributed by atoms with Crippen molar-refractivity contribution in [2.75, 3.05) is 13.7 Å². The van der Waals surface area contributed by atoms with Gasteiger partial charge in [0, 0.05) is 56.8 Å². The van der Waals surface area contributed by atoms with Gasteiger partial charge in [0.25, 0.3) is 0 Å². The minimum Gasteiger partial charge on any atom is -0.445 e. The van der Waals surface area contributed by atoms with E-state index in [1.54, 1.807) is 19.3 Å². The fourth-order valence-corrected chi connectivity index (χ4v) is 0.195. The zero-order valence-electron chi connectivity index (χ0n) is 5.24. The van der Waals surface area contributed by atoms with E-state index in [0.717, 1.165) is 0 Å². The van der Waals surface area contributed by atoms with E-state index in [-0.39, 0.29) is 56.3 Å². The van der Waals surface area contributed by atoms with Crippen LogP contribution in [-0.4, -0.2) is 18.8 Å². The third-order valence-corrected chi connectivity index (χ3v) is 0.456. The van der Waals surface area contributed by atoms with Crippen molar-refractivity contribution in [1.82, 2.24) is 0 Å². The second kappa shape index (κ2) is 16.1. The largest absolute Gasteiger partial charge is 0.445 e. The Morgan fingerprint density at radius 3 is 2.56 bits per heavy atom. The monoisotopic (exact) mass is 390 g/mol. The minimum atomic E-state index is 0. The number of aliphatic hydroxyl groups is 1. The van der Waals surface area contributed by atoms with Crippen LogP contribution in [0.15, 0.2) is 12.2 Å². The van der Waals surface area contributed by atoms with Crippen LogP contribution in [0.5, 0.6) is 0 Å². The summed E-state index contributed by atoms with van der Waals surface area (Å²) in [5.41, 5.74) is 0. The van der Waals surface area contributed by atoms with E-state index in [0.29, 0.717) is 0 Å². The maximum absolute atomic E-state index is 8.13. The first-order valence-corrected chi connectivity index (χ1v) is 2.04. The van der Waals surface area contributed by atoms with E-state index in [1.165, 1.54) is 6.61 Å². The van der Waals surface area contributed by atoms with Crippen molar-refractivity contribution < 1.29 is 59.5 Å². The van der Waals surface area contributed by atoms with Crippen LogP contribution in [0.4, 0.5) is 0 Å². The van der Waals surface area contributed by atoms with E-state index >= 15 is 0 Å². The molecule has 0 aromatic heterocycles. The van der Waals surface area contributed by atoms with Gasteiger partial charge < -0.3 is 9.84 Å². The number of ether oxygens (including phenoxy) is 1. The maximum Gasteiger partial charge on any atom is 0.0187 e. The van der Waals surface area contributed by atoms with Crippen LogP contribution in [-0.2, 0) is 23.3 Å². The molecule has 9 heavy (non-hydrogen) atoms. The standard InChI is InChI=1S/C5H9O2.U.V/c1-7-5-3-2-4-6;;/h2-3,5-6H,4H2,1H3;;/q-1;;/b3-2-;;. The van der Waals surface area contributed by atoms with E-state index in [2.05, 4.69) is 4.74 Å². The molecule has 0 aliphatic heterocycles. The molecule has 2 nitrogen and oxygen atoms in total. The van der Waals surface area contributed by atoms with Gasteiger partial charge >= 0.3 is 0 Å². The predicted octanol–water partition coefficient (Wildman–Crippen LogP) is 0.341. The van der Waals surface area contributed by atoms with Crippen molar-refractivity contribution in [3.8, 4) is 0 Å². The number of hydrogen-bond acceptors (Lipinski definition) is 2. The van der Waals surface area contributed by atoms with Crippen molar-refractivity contribution in [3.05, 3.63) is 18.8 Å². The molecule has 0 saturated heterocycles. The fraction of sp³-hybridized carbons (Fsp3) is 0.400. The van der Waals surface area contributed by atoms with Crippen LogP contribution in [0.3, 0.4) is 0 Å². The van der Waals surface area contributed by atoms with Crippen molar-refractivity contribution in [3.63, 3.8) is 0 Å². The van der Waals surface area contributed by atoms with Gasteiger partial charge in [0.1, 0.15) is 0 Å². The van der Waals surface area contributed by atoms with Crippen LogP contribution in [0.25, 0.3) is 0 Å². The number of aliphatic hydroxyl groups excluding tert-OH is 1. The van der Waals surface area contributed by atoms with Gasteiger partial charge in [0.15, 0.2) is 0 Å². The Morgan fingerprint density at radius 2 is 2.22 bits per heavy atom. The van der Waals surface area contributed by atoms with Gasteiger partial charge in [-0.15, -0.1) is 6.61 Å². The van der Waals surface area contributed by atoms with Gasteiger partial charge in [0.05, 0.1) is 0 Å². The number of rotatable bonds is 3. The van der Waals surface area contributed by atoms with Crippen LogP contribution in [0, 0.1) is 37.7 Å². The quantitative estimate of drug-likeness (QED) is 0.705. The first-order chi connectivity index (χ1) is 3.41. The normalized spacial score (nSPS) is 7.78. The summed E-state index contributed by atoms with van der Waals surface area (Å²) in [5, 5.41) is 8.13. The Bertz CT molecular complexity index is 58.9. The molecule has 0 heterocycles.